The van der Waals surface area contributed by atoms with Crippen LogP contribution in [0, 0.1) is 0 Å². The lowest BCUT2D eigenvalue weighted by molar-refractivity contribution is 0.223. The quantitative estimate of drug-likeness (QED) is 0.435. The Morgan fingerprint density at radius 1 is 1.25 bits per heavy atom. The van der Waals surface area contributed by atoms with Gasteiger partial charge in [0.25, 0.3) is 0 Å². The number of ether oxygens (including phenoxy) is 1. The Labute approximate surface area is 191 Å². The maximum atomic E-state index is 6.20. The normalized spacial score (nSPS) is 15.8. The molecule has 3 aromatic heterocycles. The minimum absolute atomic E-state index is 0.123. The Kier molecular flexibility index (Phi) is 5.76. The number of nitrogens with two attached hydrogens (primary N) is 1. The largest absolute Gasteiger partial charge is 0.483 e. The lowest BCUT2D eigenvalue weighted by atomic mass is 10.1. The van der Waals surface area contributed by atoms with E-state index in [-0.39, 0.29) is 6.10 Å². The lowest BCUT2D eigenvalue weighted by Crippen LogP contribution is -2.29. The summed E-state index contributed by atoms with van der Waals surface area (Å²) in [4.78, 5) is 4.37. The molecular formula is C24H26ClN5O2. The van der Waals surface area contributed by atoms with Crippen LogP contribution < -0.4 is 15.8 Å². The number of furan rings is 1. The van der Waals surface area contributed by atoms with Crippen molar-refractivity contribution in [1.82, 2.24) is 20.1 Å². The number of aromatic nitrogens is 3. The minimum atomic E-state index is -0.123. The molecule has 0 bridgehead atoms. The molecule has 1 saturated heterocycles. The second kappa shape index (κ2) is 8.84. The van der Waals surface area contributed by atoms with Crippen LogP contribution in [0.1, 0.15) is 31.4 Å². The van der Waals surface area contributed by atoms with E-state index in [2.05, 4.69) is 26.3 Å². The number of piperidine rings is 1. The maximum absolute atomic E-state index is 6.20. The van der Waals surface area contributed by atoms with E-state index in [1.54, 1.807) is 12.5 Å². The van der Waals surface area contributed by atoms with Gasteiger partial charge >= 0.3 is 0 Å². The second-order valence-electron chi connectivity index (χ2n) is 8.31. The van der Waals surface area contributed by atoms with Gasteiger partial charge in [0.1, 0.15) is 12.4 Å². The van der Waals surface area contributed by atoms with Gasteiger partial charge in [-0.05, 0) is 50.6 Å². The standard InChI is InChI=1S/C24H26ClN5O2/c1-15(10-16-2-4-18(25)5-3-16)32-23-22-20(12-28-24(23)26)21(14-31-22)17-11-29-30(13-17)19-6-8-27-9-7-19/h2-5,11-15,19,27H,6-10H2,1H3,(H2,26,28). The summed E-state index contributed by atoms with van der Waals surface area (Å²) in [5.41, 5.74) is 9.82. The first kappa shape index (κ1) is 20.8. The van der Waals surface area contributed by atoms with Gasteiger partial charge in [-0.15, -0.1) is 0 Å². The van der Waals surface area contributed by atoms with Crippen LogP contribution >= 0.6 is 11.6 Å². The van der Waals surface area contributed by atoms with Gasteiger partial charge < -0.3 is 20.2 Å². The molecule has 1 aliphatic heterocycles. The number of halogens is 1. The van der Waals surface area contributed by atoms with E-state index in [1.165, 1.54) is 0 Å². The van der Waals surface area contributed by atoms with E-state index in [4.69, 9.17) is 26.5 Å². The molecule has 1 aliphatic rings. The van der Waals surface area contributed by atoms with Crippen molar-refractivity contribution in [3.05, 3.63) is 59.7 Å². The van der Waals surface area contributed by atoms with Gasteiger partial charge in [0.2, 0.25) is 5.75 Å². The Morgan fingerprint density at radius 3 is 2.81 bits per heavy atom. The maximum Gasteiger partial charge on any atom is 0.205 e. The predicted octanol–water partition coefficient (Wildman–Crippen LogP) is 4.86. The molecule has 0 amide bonds. The summed E-state index contributed by atoms with van der Waals surface area (Å²) in [6, 6.07) is 8.17. The molecule has 8 heteroatoms. The fraction of sp³-hybridized carbons (Fsp3) is 0.333. The molecule has 1 aromatic carbocycles. The first-order valence-electron chi connectivity index (χ1n) is 10.9. The highest BCUT2D eigenvalue weighted by Crippen LogP contribution is 2.38. The summed E-state index contributed by atoms with van der Waals surface area (Å²) < 4.78 is 14.2. The zero-order valence-corrected chi connectivity index (χ0v) is 18.7. The van der Waals surface area contributed by atoms with Crippen LogP contribution in [-0.2, 0) is 6.42 Å². The smallest absolute Gasteiger partial charge is 0.205 e. The van der Waals surface area contributed by atoms with Gasteiger partial charge in [-0.25, -0.2) is 4.98 Å². The molecule has 5 rings (SSSR count). The number of nitrogen functional groups attached to an aromatic ring is 1. The SMILES string of the molecule is CC(Cc1ccc(Cl)cc1)Oc1c(N)ncc2c(-c3cnn(C4CCNCC4)c3)coc12. The summed E-state index contributed by atoms with van der Waals surface area (Å²) in [6.45, 7) is 4.04. The molecule has 7 nitrogen and oxygen atoms in total. The first-order chi connectivity index (χ1) is 15.6. The fourth-order valence-corrected chi connectivity index (χ4v) is 4.39. The number of hydrogen-bond donors (Lipinski definition) is 2. The van der Waals surface area contributed by atoms with Crippen molar-refractivity contribution in [3.63, 3.8) is 0 Å². The average molecular weight is 452 g/mol. The molecule has 166 valence electrons. The Morgan fingerprint density at radius 2 is 2.03 bits per heavy atom. The Bertz CT molecular complexity index is 1210. The van der Waals surface area contributed by atoms with E-state index < -0.39 is 0 Å². The van der Waals surface area contributed by atoms with E-state index >= 15 is 0 Å². The predicted molar refractivity (Wildman–Crippen MR) is 126 cm³/mol. The number of nitrogens with zero attached hydrogens (tertiary/aromatic N) is 3. The van der Waals surface area contributed by atoms with E-state index in [0.717, 1.165) is 48.0 Å². The number of benzene rings is 1. The molecule has 0 aliphatic carbocycles. The van der Waals surface area contributed by atoms with E-state index in [0.29, 0.717) is 34.6 Å². The highest BCUT2D eigenvalue weighted by Gasteiger charge is 2.21. The number of pyridine rings is 1. The third kappa shape index (κ3) is 4.18. The summed E-state index contributed by atoms with van der Waals surface area (Å²) in [6.07, 6.45) is 10.2. The van der Waals surface area contributed by atoms with Crippen LogP contribution in [0.3, 0.4) is 0 Å². The molecule has 0 saturated carbocycles. The van der Waals surface area contributed by atoms with Crippen molar-refractivity contribution in [1.29, 1.82) is 0 Å². The number of fused-ring (bicyclic) bond motifs is 1. The molecule has 32 heavy (non-hydrogen) atoms. The number of nitrogens with one attached hydrogen (secondary N) is 1. The summed E-state index contributed by atoms with van der Waals surface area (Å²) in [5, 5.41) is 9.57. The van der Waals surface area contributed by atoms with E-state index in [9.17, 15) is 0 Å². The molecular weight excluding hydrogens is 426 g/mol. The Balaban J connectivity index is 1.40. The highest BCUT2D eigenvalue weighted by molar-refractivity contribution is 6.30. The van der Waals surface area contributed by atoms with E-state index in [1.807, 2.05) is 37.4 Å². The second-order valence-corrected chi connectivity index (χ2v) is 8.75. The summed E-state index contributed by atoms with van der Waals surface area (Å²) >= 11 is 5.99. The van der Waals surface area contributed by atoms with Crippen LogP contribution in [0.2, 0.25) is 5.02 Å². The molecule has 0 spiro atoms. The molecule has 1 unspecified atom stereocenters. The van der Waals surface area contributed by atoms with Crippen LogP contribution in [0.4, 0.5) is 5.82 Å². The van der Waals surface area contributed by atoms with Gasteiger partial charge in [0.15, 0.2) is 11.4 Å². The fourth-order valence-electron chi connectivity index (χ4n) is 4.26. The minimum Gasteiger partial charge on any atom is -0.483 e. The van der Waals surface area contributed by atoms with Crippen LogP contribution in [-0.4, -0.2) is 34.0 Å². The average Bonchev–Trinajstić information content (AvgIpc) is 3.45. The number of hydrogen-bond acceptors (Lipinski definition) is 6. The zero-order chi connectivity index (χ0) is 22.1. The van der Waals surface area contributed by atoms with Gasteiger partial charge in [0.05, 0.1) is 17.6 Å². The third-order valence-electron chi connectivity index (χ3n) is 5.95. The first-order valence-corrected chi connectivity index (χ1v) is 11.3. The molecule has 4 aromatic rings. The van der Waals surface area contributed by atoms with Crippen molar-refractivity contribution in [2.45, 2.75) is 38.3 Å². The van der Waals surface area contributed by atoms with Crippen molar-refractivity contribution in [3.8, 4) is 16.9 Å². The van der Waals surface area contributed by atoms with Crippen LogP contribution in [0.15, 0.2) is 53.5 Å². The third-order valence-corrected chi connectivity index (χ3v) is 6.20. The topological polar surface area (TPSA) is 91.1 Å². The molecule has 1 atom stereocenters. The van der Waals surface area contributed by atoms with Crippen molar-refractivity contribution >= 4 is 28.4 Å². The van der Waals surface area contributed by atoms with Crippen LogP contribution in [0.25, 0.3) is 22.1 Å². The number of rotatable bonds is 6. The molecule has 0 radical (unpaired) electrons. The van der Waals surface area contributed by atoms with Crippen molar-refractivity contribution < 1.29 is 9.15 Å². The molecule has 1 fully saturated rings. The monoisotopic (exact) mass is 451 g/mol. The molecule has 4 heterocycles. The van der Waals surface area contributed by atoms with Crippen molar-refractivity contribution in [2.24, 2.45) is 0 Å². The van der Waals surface area contributed by atoms with Gasteiger partial charge in [-0.1, -0.05) is 23.7 Å². The van der Waals surface area contributed by atoms with Crippen molar-refractivity contribution in [2.75, 3.05) is 18.8 Å². The van der Waals surface area contributed by atoms with Crippen LogP contribution in [0.5, 0.6) is 5.75 Å². The van der Waals surface area contributed by atoms with Gasteiger partial charge in [-0.2, -0.15) is 5.10 Å². The molecule has 3 N–H and O–H groups in total. The lowest BCUT2D eigenvalue weighted by Gasteiger charge is -2.22. The van der Waals surface area contributed by atoms with Gasteiger partial charge in [0, 0.05) is 35.0 Å². The summed E-state index contributed by atoms with van der Waals surface area (Å²) in [7, 11) is 0. The number of anilines is 1. The zero-order valence-electron chi connectivity index (χ0n) is 17.9. The van der Waals surface area contributed by atoms with Gasteiger partial charge in [-0.3, -0.25) is 4.68 Å². The Hall–Kier alpha value is -3.03. The summed E-state index contributed by atoms with van der Waals surface area (Å²) in [5.74, 6) is 0.785. The highest BCUT2D eigenvalue weighted by atomic mass is 35.5.